The van der Waals surface area contributed by atoms with Crippen LogP contribution in [0.5, 0.6) is 0 Å². The van der Waals surface area contributed by atoms with E-state index >= 15 is 0 Å². The Balaban J connectivity index is 3.20. The Morgan fingerprint density at radius 2 is 1.69 bits per heavy atom. The van der Waals surface area contributed by atoms with Crippen LogP contribution in [0.25, 0.3) is 0 Å². The lowest BCUT2D eigenvalue weighted by Crippen LogP contribution is -2.05. The summed E-state index contributed by atoms with van der Waals surface area (Å²) in [5.41, 5.74) is -0.274. The van der Waals surface area contributed by atoms with Gasteiger partial charge < -0.3 is 5.11 Å². The van der Waals surface area contributed by atoms with Crippen LogP contribution in [0.15, 0.2) is 12.1 Å². The molecule has 13 heavy (non-hydrogen) atoms. The molecule has 1 rings (SSSR count). The lowest BCUT2D eigenvalue weighted by Gasteiger charge is -2.10. The average molecular weight is 190 g/mol. The van der Waals surface area contributed by atoms with Crippen molar-refractivity contribution in [3.05, 3.63) is 35.1 Å². The monoisotopic (exact) mass is 190 g/mol. The largest absolute Gasteiger partial charge is 0.396 e. The van der Waals surface area contributed by atoms with Crippen molar-refractivity contribution in [2.24, 2.45) is 0 Å². The maximum atomic E-state index is 13.0. The quantitative estimate of drug-likeness (QED) is 0.757. The summed E-state index contributed by atoms with van der Waals surface area (Å²) in [6.45, 7) is 1.08. The average Bonchev–Trinajstić information content (AvgIpc) is 2.02. The van der Waals surface area contributed by atoms with E-state index in [1.165, 1.54) is 6.92 Å². The van der Waals surface area contributed by atoms with E-state index in [9.17, 15) is 13.2 Å². The summed E-state index contributed by atoms with van der Waals surface area (Å²) in [6.07, 6.45) is 0. The molecule has 1 atom stereocenters. The van der Waals surface area contributed by atoms with Crippen molar-refractivity contribution in [3.8, 4) is 0 Å². The van der Waals surface area contributed by atoms with Gasteiger partial charge in [0.2, 0.25) is 0 Å². The Morgan fingerprint density at radius 3 is 2.08 bits per heavy atom. The molecule has 0 aliphatic rings. The van der Waals surface area contributed by atoms with Gasteiger partial charge >= 0.3 is 0 Å². The highest BCUT2D eigenvalue weighted by Crippen LogP contribution is 2.22. The highest BCUT2D eigenvalue weighted by molar-refractivity contribution is 5.24. The van der Waals surface area contributed by atoms with Gasteiger partial charge in [-0.05, 0) is 0 Å². The molecule has 1 aromatic rings. The van der Waals surface area contributed by atoms with Gasteiger partial charge in [-0.3, -0.25) is 0 Å². The second-order valence-corrected chi connectivity index (χ2v) is 2.87. The number of rotatable bonds is 2. The van der Waals surface area contributed by atoms with Crippen molar-refractivity contribution < 1.29 is 18.3 Å². The van der Waals surface area contributed by atoms with Crippen LogP contribution in [0.2, 0.25) is 0 Å². The van der Waals surface area contributed by atoms with Crippen molar-refractivity contribution in [2.75, 3.05) is 6.61 Å². The predicted octanol–water partition coefficient (Wildman–Crippen LogP) is 2.20. The molecule has 0 aliphatic heterocycles. The summed E-state index contributed by atoms with van der Waals surface area (Å²) in [6, 6.07) is 1.20. The Kier molecular flexibility index (Phi) is 2.93. The second-order valence-electron chi connectivity index (χ2n) is 2.87. The van der Waals surface area contributed by atoms with E-state index in [1.54, 1.807) is 0 Å². The molecule has 0 bridgehead atoms. The summed E-state index contributed by atoms with van der Waals surface area (Å²) in [5.74, 6) is -3.54. The summed E-state index contributed by atoms with van der Waals surface area (Å²) in [5, 5.41) is 8.68. The summed E-state index contributed by atoms with van der Waals surface area (Å²) in [7, 11) is 0. The molecule has 1 N–H and O–H groups in total. The predicted molar refractivity (Wildman–Crippen MR) is 41.8 cm³/mol. The van der Waals surface area contributed by atoms with Crippen molar-refractivity contribution >= 4 is 0 Å². The first kappa shape index (κ1) is 10.1. The van der Waals surface area contributed by atoms with Gasteiger partial charge in [0.05, 0.1) is 0 Å². The normalized spacial score (nSPS) is 13.0. The van der Waals surface area contributed by atoms with Crippen LogP contribution in [0, 0.1) is 17.5 Å². The zero-order chi connectivity index (χ0) is 10.0. The molecule has 0 amide bonds. The molecule has 0 saturated carbocycles. The zero-order valence-electron chi connectivity index (χ0n) is 7.02. The third-order valence-electron chi connectivity index (χ3n) is 1.81. The van der Waals surface area contributed by atoms with Gasteiger partial charge in [0.1, 0.15) is 17.5 Å². The minimum Gasteiger partial charge on any atom is -0.396 e. The van der Waals surface area contributed by atoms with E-state index in [4.69, 9.17) is 5.11 Å². The maximum absolute atomic E-state index is 13.0. The van der Waals surface area contributed by atoms with Gasteiger partial charge in [-0.2, -0.15) is 0 Å². The molecular formula is C9H9F3O. The number of benzene rings is 1. The fraction of sp³-hybridized carbons (Fsp3) is 0.333. The molecule has 0 radical (unpaired) electrons. The van der Waals surface area contributed by atoms with Crippen LogP contribution in [-0.2, 0) is 0 Å². The van der Waals surface area contributed by atoms with Crippen molar-refractivity contribution in [2.45, 2.75) is 12.8 Å². The Labute approximate surface area is 73.8 Å². The van der Waals surface area contributed by atoms with Gasteiger partial charge in [0, 0.05) is 30.2 Å². The van der Waals surface area contributed by atoms with E-state index in [1.807, 2.05) is 0 Å². The first-order valence-electron chi connectivity index (χ1n) is 3.81. The van der Waals surface area contributed by atoms with Crippen LogP contribution in [0.1, 0.15) is 18.4 Å². The third kappa shape index (κ3) is 2.01. The van der Waals surface area contributed by atoms with Gasteiger partial charge in [0.15, 0.2) is 0 Å². The molecule has 0 aliphatic carbocycles. The molecule has 0 aromatic heterocycles. The fourth-order valence-electron chi connectivity index (χ4n) is 1.12. The molecule has 0 saturated heterocycles. The minimum atomic E-state index is -0.959. The van der Waals surface area contributed by atoms with Crippen LogP contribution in [0.3, 0.4) is 0 Å². The number of hydrogen-bond donors (Lipinski definition) is 1. The number of aliphatic hydroxyl groups excluding tert-OH is 1. The minimum absolute atomic E-state index is 0.274. The molecule has 1 nitrogen and oxygen atoms in total. The van der Waals surface area contributed by atoms with Crippen LogP contribution in [-0.4, -0.2) is 11.7 Å². The molecule has 1 unspecified atom stereocenters. The topological polar surface area (TPSA) is 20.2 Å². The van der Waals surface area contributed by atoms with E-state index in [0.29, 0.717) is 12.1 Å². The summed E-state index contributed by atoms with van der Waals surface area (Å²) in [4.78, 5) is 0. The first-order valence-corrected chi connectivity index (χ1v) is 3.81. The van der Waals surface area contributed by atoms with E-state index in [0.717, 1.165) is 0 Å². The SMILES string of the molecule is CC(CO)c1c(F)cc(F)cc1F. The first-order chi connectivity index (χ1) is 6.06. The molecule has 0 spiro atoms. The van der Waals surface area contributed by atoms with Gasteiger partial charge in [0.25, 0.3) is 0 Å². The van der Waals surface area contributed by atoms with Crippen LogP contribution < -0.4 is 0 Å². The lowest BCUT2D eigenvalue weighted by molar-refractivity contribution is 0.267. The molecule has 0 heterocycles. The van der Waals surface area contributed by atoms with E-state index in [-0.39, 0.29) is 12.2 Å². The number of hydrogen-bond acceptors (Lipinski definition) is 1. The fourth-order valence-corrected chi connectivity index (χ4v) is 1.12. The van der Waals surface area contributed by atoms with Crippen LogP contribution in [0.4, 0.5) is 13.2 Å². The molecule has 72 valence electrons. The Morgan fingerprint density at radius 1 is 1.23 bits per heavy atom. The Hall–Kier alpha value is -1.03. The van der Waals surface area contributed by atoms with Gasteiger partial charge in [-0.1, -0.05) is 6.92 Å². The molecule has 0 fully saturated rings. The second kappa shape index (κ2) is 3.79. The third-order valence-corrected chi connectivity index (χ3v) is 1.81. The Bertz CT molecular complexity index is 289. The highest BCUT2D eigenvalue weighted by Gasteiger charge is 2.16. The van der Waals surface area contributed by atoms with E-state index in [2.05, 4.69) is 0 Å². The summed E-state index contributed by atoms with van der Waals surface area (Å²) < 4.78 is 38.3. The number of aliphatic hydroxyl groups is 1. The smallest absolute Gasteiger partial charge is 0.132 e. The summed E-state index contributed by atoms with van der Waals surface area (Å²) >= 11 is 0. The maximum Gasteiger partial charge on any atom is 0.132 e. The highest BCUT2D eigenvalue weighted by atomic mass is 19.1. The molecular weight excluding hydrogens is 181 g/mol. The van der Waals surface area contributed by atoms with Crippen molar-refractivity contribution in [3.63, 3.8) is 0 Å². The van der Waals surface area contributed by atoms with Crippen LogP contribution >= 0.6 is 0 Å². The van der Waals surface area contributed by atoms with Crippen molar-refractivity contribution in [1.82, 2.24) is 0 Å². The van der Waals surface area contributed by atoms with Gasteiger partial charge in [-0.25, -0.2) is 13.2 Å². The number of halogens is 3. The van der Waals surface area contributed by atoms with Crippen molar-refractivity contribution in [1.29, 1.82) is 0 Å². The van der Waals surface area contributed by atoms with E-state index < -0.39 is 23.4 Å². The standard InChI is InChI=1S/C9H9F3O/c1-5(4-13)9-7(11)2-6(10)3-8(9)12/h2-3,5,13H,4H2,1H3. The zero-order valence-corrected chi connectivity index (χ0v) is 7.02. The molecule has 4 heteroatoms. The lowest BCUT2D eigenvalue weighted by atomic mass is 10.0. The molecule has 1 aromatic carbocycles. The van der Waals surface area contributed by atoms with Gasteiger partial charge in [-0.15, -0.1) is 0 Å².